The van der Waals surface area contributed by atoms with Crippen molar-refractivity contribution in [1.82, 2.24) is 5.32 Å². The molecule has 0 aromatic heterocycles. The van der Waals surface area contributed by atoms with Crippen LogP contribution in [-0.2, 0) is 4.74 Å². The van der Waals surface area contributed by atoms with Gasteiger partial charge in [0.05, 0.1) is 0 Å². The third kappa shape index (κ3) is 2.92. The summed E-state index contributed by atoms with van der Waals surface area (Å²) < 4.78 is 5.26. The average molecular weight is 251 g/mol. The van der Waals surface area contributed by atoms with Crippen molar-refractivity contribution in [3.63, 3.8) is 0 Å². The van der Waals surface area contributed by atoms with E-state index < -0.39 is 0 Å². The molecule has 3 N–H and O–H groups in total. The number of benzene rings is 1. The fourth-order valence-corrected chi connectivity index (χ4v) is 2.02. The molecule has 18 heavy (non-hydrogen) atoms. The van der Waals surface area contributed by atoms with E-state index in [9.17, 15) is 15.0 Å². The lowest BCUT2D eigenvalue weighted by Crippen LogP contribution is -2.49. The van der Waals surface area contributed by atoms with E-state index in [2.05, 4.69) is 5.32 Å². The topological polar surface area (TPSA) is 78.8 Å². The fourth-order valence-electron chi connectivity index (χ4n) is 2.02. The first kappa shape index (κ1) is 12.7. The smallest absolute Gasteiger partial charge is 0.251 e. The number of hydrogen-bond acceptors (Lipinski definition) is 4. The standard InChI is InChI=1S/C13H17NO4/c1-13(2-4-18-5-3-13)14-12(17)9-6-10(15)8-11(16)7-9/h6-8,15-16H,2-5H2,1H3,(H,14,17). The summed E-state index contributed by atoms with van der Waals surface area (Å²) in [6.07, 6.45) is 1.51. The van der Waals surface area contributed by atoms with Gasteiger partial charge in [0, 0.05) is 30.4 Å². The molecule has 1 fully saturated rings. The van der Waals surface area contributed by atoms with Crippen molar-refractivity contribution < 1.29 is 19.7 Å². The van der Waals surface area contributed by atoms with Crippen LogP contribution in [0.15, 0.2) is 18.2 Å². The Labute approximate surface area is 105 Å². The number of amides is 1. The Morgan fingerprint density at radius 3 is 2.33 bits per heavy atom. The largest absolute Gasteiger partial charge is 0.508 e. The minimum atomic E-state index is -0.300. The lowest BCUT2D eigenvalue weighted by atomic mass is 9.92. The molecular weight excluding hydrogens is 234 g/mol. The molecule has 1 aliphatic heterocycles. The van der Waals surface area contributed by atoms with E-state index in [-0.39, 0.29) is 28.5 Å². The van der Waals surface area contributed by atoms with E-state index >= 15 is 0 Å². The second-order valence-corrected chi connectivity index (χ2v) is 4.87. The Hall–Kier alpha value is -1.75. The average Bonchev–Trinajstić information content (AvgIpc) is 2.28. The van der Waals surface area contributed by atoms with Crippen molar-refractivity contribution in [2.24, 2.45) is 0 Å². The van der Waals surface area contributed by atoms with Crippen LogP contribution < -0.4 is 5.32 Å². The van der Waals surface area contributed by atoms with Crippen molar-refractivity contribution >= 4 is 5.91 Å². The summed E-state index contributed by atoms with van der Waals surface area (Å²) in [6, 6.07) is 3.85. The minimum Gasteiger partial charge on any atom is -0.508 e. The molecule has 0 aliphatic carbocycles. The Morgan fingerprint density at radius 1 is 1.22 bits per heavy atom. The highest BCUT2D eigenvalue weighted by molar-refractivity contribution is 5.95. The third-order valence-electron chi connectivity index (χ3n) is 3.18. The number of nitrogens with one attached hydrogen (secondary N) is 1. The number of rotatable bonds is 2. The molecule has 0 atom stereocenters. The number of hydrogen-bond donors (Lipinski definition) is 3. The molecule has 0 spiro atoms. The fraction of sp³-hybridized carbons (Fsp3) is 0.462. The van der Waals surface area contributed by atoms with Gasteiger partial charge in [0.25, 0.3) is 5.91 Å². The van der Waals surface area contributed by atoms with E-state index in [4.69, 9.17) is 4.74 Å². The highest BCUT2D eigenvalue weighted by Gasteiger charge is 2.29. The van der Waals surface area contributed by atoms with Crippen LogP contribution in [0.4, 0.5) is 0 Å². The summed E-state index contributed by atoms with van der Waals surface area (Å²) in [4.78, 5) is 12.0. The normalized spacial score (nSPS) is 18.3. The van der Waals surface area contributed by atoms with Gasteiger partial charge in [0.1, 0.15) is 11.5 Å². The van der Waals surface area contributed by atoms with Crippen LogP contribution in [0.25, 0.3) is 0 Å². The zero-order valence-electron chi connectivity index (χ0n) is 10.3. The predicted octanol–water partition coefficient (Wildman–Crippen LogP) is 1.40. The third-order valence-corrected chi connectivity index (χ3v) is 3.18. The Balaban J connectivity index is 2.11. The zero-order valence-corrected chi connectivity index (χ0v) is 10.3. The molecule has 2 rings (SSSR count). The maximum Gasteiger partial charge on any atom is 0.251 e. The van der Waals surface area contributed by atoms with Crippen molar-refractivity contribution in [1.29, 1.82) is 0 Å². The van der Waals surface area contributed by atoms with E-state index in [1.54, 1.807) is 0 Å². The van der Waals surface area contributed by atoms with Crippen LogP contribution in [0.5, 0.6) is 11.5 Å². The SMILES string of the molecule is CC1(NC(=O)c2cc(O)cc(O)c2)CCOCC1. The van der Waals surface area contributed by atoms with Gasteiger partial charge >= 0.3 is 0 Å². The van der Waals surface area contributed by atoms with Crippen LogP contribution in [0, 0.1) is 0 Å². The molecule has 5 heteroatoms. The first-order chi connectivity index (χ1) is 8.48. The number of carbonyl (C=O) groups excluding carboxylic acids is 1. The van der Waals surface area contributed by atoms with Gasteiger partial charge in [-0.15, -0.1) is 0 Å². The molecule has 0 unspecified atom stereocenters. The van der Waals surface area contributed by atoms with Crippen LogP contribution in [0.1, 0.15) is 30.1 Å². The summed E-state index contributed by atoms with van der Waals surface area (Å²) in [5.74, 6) is -0.555. The van der Waals surface area contributed by atoms with Gasteiger partial charge in [0.15, 0.2) is 0 Å². The molecule has 0 bridgehead atoms. The monoisotopic (exact) mass is 251 g/mol. The molecular formula is C13H17NO4. The van der Waals surface area contributed by atoms with E-state index in [0.717, 1.165) is 12.8 Å². The lowest BCUT2D eigenvalue weighted by molar-refractivity contribution is 0.0422. The minimum absolute atomic E-state index is 0.128. The number of phenols is 2. The zero-order chi connectivity index (χ0) is 13.2. The quantitative estimate of drug-likeness (QED) is 0.742. The van der Waals surface area contributed by atoms with Crippen molar-refractivity contribution in [3.8, 4) is 11.5 Å². The molecule has 1 heterocycles. The van der Waals surface area contributed by atoms with Crippen molar-refractivity contribution in [3.05, 3.63) is 23.8 Å². The van der Waals surface area contributed by atoms with E-state index in [1.165, 1.54) is 18.2 Å². The van der Waals surface area contributed by atoms with Crippen LogP contribution in [-0.4, -0.2) is 34.9 Å². The van der Waals surface area contributed by atoms with Gasteiger partial charge in [0.2, 0.25) is 0 Å². The molecule has 1 amide bonds. The van der Waals surface area contributed by atoms with Gasteiger partial charge in [-0.3, -0.25) is 4.79 Å². The van der Waals surface area contributed by atoms with Crippen molar-refractivity contribution in [2.75, 3.05) is 13.2 Å². The molecule has 1 saturated heterocycles. The summed E-state index contributed by atoms with van der Waals surface area (Å²) in [5.41, 5.74) is -0.0450. The highest BCUT2D eigenvalue weighted by atomic mass is 16.5. The van der Waals surface area contributed by atoms with Crippen LogP contribution in [0.3, 0.4) is 0 Å². The molecule has 0 radical (unpaired) electrons. The predicted molar refractivity (Wildman–Crippen MR) is 65.7 cm³/mol. The van der Waals surface area contributed by atoms with E-state index in [0.29, 0.717) is 13.2 Å². The summed E-state index contributed by atoms with van der Waals surface area (Å²) in [7, 11) is 0. The van der Waals surface area contributed by atoms with Gasteiger partial charge < -0.3 is 20.3 Å². The number of ether oxygens (including phenoxy) is 1. The number of aromatic hydroxyl groups is 2. The Morgan fingerprint density at radius 2 is 1.78 bits per heavy atom. The second kappa shape index (κ2) is 4.86. The molecule has 98 valence electrons. The lowest BCUT2D eigenvalue weighted by Gasteiger charge is -2.34. The van der Waals surface area contributed by atoms with E-state index in [1.807, 2.05) is 6.92 Å². The molecule has 5 nitrogen and oxygen atoms in total. The maximum absolute atomic E-state index is 12.0. The maximum atomic E-state index is 12.0. The first-order valence-electron chi connectivity index (χ1n) is 5.92. The molecule has 1 aromatic carbocycles. The highest BCUT2D eigenvalue weighted by Crippen LogP contribution is 2.23. The van der Waals surface area contributed by atoms with Gasteiger partial charge in [-0.2, -0.15) is 0 Å². The number of carbonyl (C=O) groups is 1. The van der Waals surface area contributed by atoms with Gasteiger partial charge in [-0.1, -0.05) is 0 Å². The summed E-state index contributed by atoms with van der Waals surface area (Å²) in [6.45, 7) is 3.22. The summed E-state index contributed by atoms with van der Waals surface area (Å²) in [5, 5.41) is 21.6. The molecule has 1 aliphatic rings. The number of phenolic OH excluding ortho intramolecular Hbond substituents is 2. The summed E-state index contributed by atoms with van der Waals surface area (Å²) >= 11 is 0. The van der Waals surface area contributed by atoms with Gasteiger partial charge in [-0.25, -0.2) is 0 Å². The van der Waals surface area contributed by atoms with Gasteiger partial charge in [-0.05, 0) is 31.9 Å². The first-order valence-corrected chi connectivity index (χ1v) is 5.92. The molecule has 1 aromatic rings. The second-order valence-electron chi connectivity index (χ2n) is 4.87. The molecule has 0 saturated carbocycles. The Bertz CT molecular complexity index is 432. The Kier molecular flexibility index (Phi) is 3.43. The van der Waals surface area contributed by atoms with Crippen LogP contribution >= 0.6 is 0 Å². The van der Waals surface area contributed by atoms with Crippen molar-refractivity contribution in [2.45, 2.75) is 25.3 Å². The van der Waals surface area contributed by atoms with Crippen LogP contribution in [0.2, 0.25) is 0 Å².